The van der Waals surface area contributed by atoms with E-state index in [1.165, 1.54) is 11.6 Å². The highest BCUT2D eigenvalue weighted by Gasteiger charge is 2.28. The lowest BCUT2D eigenvalue weighted by atomic mass is 10.1. The van der Waals surface area contributed by atoms with Crippen molar-refractivity contribution >= 4 is 28.6 Å². The Hall–Kier alpha value is -1.69. The molecule has 130 valence electrons. The Kier molecular flexibility index (Phi) is 5.04. The molecule has 3 rings (SSSR count). The summed E-state index contributed by atoms with van der Waals surface area (Å²) < 4.78 is 13.5. The first-order valence-corrected chi connectivity index (χ1v) is 9.32. The molecule has 0 unspecified atom stereocenters. The fraction of sp³-hybridized carbons (Fsp3) is 0.500. The summed E-state index contributed by atoms with van der Waals surface area (Å²) in [5.74, 6) is 1.89. The monoisotopic (exact) mass is 348 g/mol. The third-order valence-corrected chi connectivity index (χ3v) is 5.64. The van der Waals surface area contributed by atoms with E-state index in [4.69, 9.17) is 0 Å². The number of aliphatic imine (C=N–C) groups is 1. The largest absolute Gasteiger partial charge is 0.361 e. The van der Waals surface area contributed by atoms with Gasteiger partial charge in [-0.1, -0.05) is 0 Å². The van der Waals surface area contributed by atoms with Gasteiger partial charge < -0.3 is 15.2 Å². The fourth-order valence-electron chi connectivity index (χ4n) is 3.20. The van der Waals surface area contributed by atoms with Crippen LogP contribution in [0.3, 0.4) is 0 Å². The Morgan fingerprint density at radius 3 is 3.04 bits per heavy atom. The van der Waals surface area contributed by atoms with Gasteiger partial charge in [0.05, 0.1) is 0 Å². The van der Waals surface area contributed by atoms with E-state index in [1.807, 2.05) is 31.1 Å². The predicted octanol–water partition coefficient (Wildman–Crippen LogP) is 3.25. The van der Waals surface area contributed by atoms with Crippen LogP contribution in [0, 0.1) is 5.82 Å². The van der Waals surface area contributed by atoms with Gasteiger partial charge in [-0.15, -0.1) is 0 Å². The van der Waals surface area contributed by atoms with E-state index in [1.54, 1.807) is 6.07 Å². The number of halogens is 1. The maximum Gasteiger partial charge on any atom is 0.193 e. The smallest absolute Gasteiger partial charge is 0.193 e. The van der Waals surface area contributed by atoms with Gasteiger partial charge in [-0.05, 0) is 44.0 Å². The van der Waals surface area contributed by atoms with Crippen LogP contribution < -0.4 is 5.32 Å². The molecule has 1 fully saturated rings. The number of guanidine groups is 1. The summed E-state index contributed by atoms with van der Waals surface area (Å²) in [6.45, 7) is 7.40. The van der Waals surface area contributed by atoms with E-state index in [0.29, 0.717) is 0 Å². The minimum absolute atomic E-state index is 0.208. The third-order valence-electron chi connectivity index (χ3n) is 4.34. The molecule has 1 aromatic carbocycles. The van der Waals surface area contributed by atoms with Gasteiger partial charge in [0, 0.05) is 54.3 Å². The van der Waals surface area contributed by atoms with Gasteiger partial charge in [-0.25, -0.2) is 4.39 Å². The van der Waals surface area contributed by atoms with E-state index in [-0.39, 0.29) is 10.6 Å². The summed E-state index contributed by atoms with van der Waals surface area (Å²) >= 11 is 2.02. The molecule has 4 nitrogen and oxygen atoms in total. The first kappa shape index (κ1) is 17.1. The number of aromatic amines is 1. The van der Waals surface area contributed by atoms with Crippen molar-refractivity contribution in [1.82, 2.24) is 15.2 Å². The average Bonchev–Trinajstić information content (AvgIpc) is 2.92. The highest BCUT2D eigenvalue weighted by atomic mass is 32.2. The summed E-state index contributed by atoms with van der Waals surface area (Å²) in [5, 5.41) is 4.56. The quantitative estimate of drug-likeness (QED) is 0.661. The summed E-state index contributed by atoms with van der Waals surface area (Å²) in [6, 6.07) is 4.90. The van der Waals surface area contributed by atoms with Gasteiger partial charge in [0.2, 0.25) is 0 Å². The average molecular weight is 348 g/mol. The number of hydrogen-bond acceptors (Lipinski definition) is 2. The minimum Gasteiger partial charge on any atom is -0.361 e. The first-order chi connectivity index (χ1) is 11.5. The number of nitrogens with zero attached hydrogens (tertiary/aromatic N) is 2. The zero-order valence-electron chi connectivity index (χ0n) is 14.5. The molecule has 0 aliphatic carbocycles. The maximum absolute atomic E-state index is 13.3. The lowest BCUT2D eigenvalue weighted by molar-refractivity contribution is 0.376. The number of H-pyrrole nitrogens is 1. The summed E-state index contributed by atoms with van der Waals surface area (Å²) in [6.07, 6.45) is 2.84. The van der Waals surface area contributed by atoms with Gasteiger partial charge in [-0.3, -0.25) is 4.99 Å². The number of rotatable bonds is 3. The van der Waals surface area contributed by atoms with Crippen LogP contribution in [0.5, 0.6) is 0 Å². The first-order valence-electron chi connectivity index (χ1n) is 8.33. The summed E-state index contributed by atoms with van der Waals surface area (Å²) in [5.41, 5.74) is 2.05. The molecule has 1 aliphatic rings. The molecule has 2 N–H and O–H groups in total. The molecule has 0 bridgehead atoms. The highest BCUT2D eigenvalue weighted by molar-refractivity contribution is 8.00. The number of aromatic nitrogens is 1. The molecule has 2 aromatic rings. The van der Waals surface area contributed by atoms with E-state index in [9.17, 15) is 4.39 Å². The SMILES string of the molecule is CN=C(NCCc1c[nH]c2cc(F)ccc12)N1CCSC(C)(C)C1. The number of thioether (sulfide) groups is 1. The second kappa shape index (κ2) is 7.05. The Labute approximate surface area is 146 Å². The molecule has 0 radical (unpaired) electrons. The zero-order chi connectivity index (χ0) is 17.2. The molecule has 6 heteroatoms. The van der Waals surface area contributed by atoms with Crippen molar-refractivity contribution in [3.63, 3.8) is 0 Å². The van der Waals surface area contributed by atoms with E-state index >= 15 is 0 Å². The Morgan fingerprint density at radius 1 is 1.46 bits per heavy atom. The van der Waals surface area contributed by atoms with Gasteiger partial charge in [0.25, 0.3) is 0 Å². The van der Waals surface area contributed by atoms with Gasteiger partial charge in [-0.2, -0.15) is 11.8 Å². The van der Waals surface area contributed by atoms with Gasteiger partial charge >= 0.3 is 0 Å². The van der Waals surface area contributed by atoms with Crippen LogP contribution in [0.15, 0.2) is 29.4 Å². The molecular weight excluding hydrogens is 323 g/mol. The zero-order valence-corrected chi connectivity index (χ0v) is 15.3. The number of hydrogen-bond donors (Lipinski definition) is 2. The fourth-order valence-corrected chi connectivity index (χ4v) is 4.32. The molecule has 0 spiro atoms. The predicted molar refractivity (Wildman–Crippen MR) is 101 cm³/mol. The van der Waals surface area contributed by atoms with Crippen LogP contribution in [0.1, 0.15) is 19.4 Å². The van der Waals surface area contributed by atoms with Crippen LogP contribution in [0.2, 0.25) is 0 Å². The van der Waals surface area contributed by atoms with Crippen molar-refractivity contribution in [1.29, 1.82) is 0 Å². The molecule has 0 saturated carbocycles. The molecule has 0 amide bonds. The molecule has 1 saturated heterocycles. The van der Waals surface area contributed by atoms with Crippen molar-refractivity contribution in [2.45, 2.75) is 25.0 Å². The summed E-state index contributed by atoms with van der Waals surface area (Å²) in [7, 11) is 1.84. The lowest BCUT2D eigenvalue weighted by Gasteiger charge is -2.39. The Balaban J connectivity index is 1.60. The van der Waals surface area contributed by atoms with Crippen LogP contribution >= 0.6 is 11.8 Å². The maximum atomic E-state index is 13.3. The second-order valence-corrected chi connectivity index (χ2v) is 8.56. The third kappa shape index (κ3) is 3.86. The molecule has 1 aliphatic heterocycles. The highest BCUT2D eigenvalue weighted by Crippen LogP contribution is 2.29. The summed E-state index contributed by atoms with van der Waals surface area (Å²) in [4.78, 5) is 9.91. The molecule has 0 atom stereocenters. The van der Waals surface area contributed by atoms with Crippen LogP contribution in [0.4, 0.5) is 4.39 Å². The Morgan fingerprint density at radius 2 is 2.29 bits per heavy atom. The molecule has 2 heterocycles. The topological polar surface area (TPSA) is 43.4 Å². The standard InChI is InChI=1S/C18H25FN4S/c1-18(2)12-23(8-9-24-18)17(20-3)21-7-6-13-11-22-16-10-14(19)4-5-15(13)16/h4-5,10-11,22H,6-9,12H2,1-3H3,(H,20,21). The van der Waals surface area contributed by atoms with Crippen LogP contribution in [-0.4, -0.2) is 53.0 Å². The van der Waals surface area contributed by atoms with Crippen molar-refractivity contribution in [3.8, 4) is 0 Å². The van der Waals surface area contributed by atoms with Crippen molar-refractivity contribution < 1.29 is 4.39 Å². The number of benzene rings is 1. The van der Waals surface area contributed by atoms with E-state index in [2.05, 4.69) is 34.0 Å². The normalized spacial score (nSPS) is 18.2. The van der Waals surface area contributed by atoms with Crippen LogP contribution in [0.25, 0.3) is 10.9 Å². The molecule has 24 heavy (non-hydrogen) atoms. The van der Waals surface area contributed by atoms with Gasteiger partial charge in [0.1, 0.15) is 5.82 Å². The van der Waals surface area contributed by atoms with Crippen molar-refractivity contribution in [3.05, 3.63) is 35.8 Å². The number of fused-ring (bicyclic) bond motifs is 1. The van der Waals surface area contributed by atoms with Crippen molar-refractivity contribution in [2.24, 2.45) is 4.99 Å². The molecule has 1 aromatic heterocycles. The Bertz CT molecular complexity index is 738. The minimum atomic E-state index is -0.208. The second-order valence-electron chi connectivity index (χ2n) is 6.76. The lowest BCUT2D eigenvalue weighted by Crippen LogP contribution is -2.51. The van der Waals surface area contributed by atoms with Gasteiger partial charge in [0.15, 0.2) is 5.96 Å². The van der Waals surface area contributed by atoms with E-state index < -0.39 is 0 Å². The number of nitrogens with one attached hydrogen (secondary N) is 2. The van der Waals surface area contributed by atoms with Crippen LogP contribution in [-0.2, 0) is 6.42 Å². The van der Waals surface area contributed by atoms with E-state index in [0.717, 1.165) is 48.7 Å². The van der Waals surface area contributed by atoms with Crippen molar-refractivity contribution in [2.75, 3.05) is 32.4 Å². The molecular formula is C18H25FN4S.